The number of nitrogens with two attached hydrogens (primary N) is 1. The van der Waals surface area contributed by atoms with Crippen molar-refractivity contribution >= 4 is 45.4 Å². The molecule has 0 aliphatic rings. The van der Waals surface area contributed by atoms with Crippen molar-refractivity contribution in [1.29, 1.82) is 0 Å². The standard InChI is InChI=1S/C36H36N4O5/c37-33(41)21-28(20-25-17-18-26-11-4-5-12-27(26)19-25)39-35(44)32(15-8-16-34(42)43)40(23-24-9-2-1-3-10-24)36(45)30-22-38-31-14-7-6-13-29(30)31/h1-7,9-14,17-19,22,28,32,38H,8,15-16,20-21,23H2,(H2,37,41)(H,39,44)(H,42,43)/t28-,32-/m0/s1. The fraction of sp³-hybridized carbons (Fsp3) is 0.222. The second-order valence-electron chi connectivity index (χ2n) is 11.2. The summed E-state index contributed by atoms with van der Waals surface area (Å²) in [7, 11) is 0. The zero-order chi connectivity index (χ0) is 31.8. The minimum Gasteiger partial charge on any atom is -0.481 e. The van der Waals surface area contributed by atoms with Gasteiger partial charge in [-0.3, -0.25) is 19.2 Å². The van der Waals surface area contributed by atoms with Crippen molar-refractivity contribution in [2.45, 2.75) is 50.7 Å². The number of carbonyl (C=O) groups excluding carboxylic acids is 3. The van der Waals surface area contributed by atoms with E-state index in [9.17, 15) is 24.3 Å². The van der Waals surface area contributed by atoms with Crippen molar-refractivity contribution in [2.75, 3.05) is 0 Å². The first-order chi connectivity index (χ1) is 21.8. The summed E-state index contributed by atoms with van der Waals surface area (Å²) in [5, 5.41) is 15.2. The van der Waals surface area contributed by atoms with E-state index in [-0.39, 0.29) is 38.1 Å². The van der Waals surface area contributed by atoms with E-state index in [1.165, 1.54) is 4.90 Å². The number of para-hydroxylation sites is 1. The highest BCUT2D eigenvalue weighted by molar-refractivity contribution is 6.08. The SMILES string of the molecule is NC(=O)C[C@H](Cc1ccc2ccccc2c1)NC(=O)[C@H](CCCC(=O)O)N(Cc1ccccc1)C(=O)c1c[nH]c2ccccc12. The lowest BCUT2D eigenvalue weighted by molar-refractivity contribution is -0.137. The molecule has 0 unspecified atom stereocenters. The summed E-state index contributed by atoms with van der Waals surface area (Å²) in [6, 6.07) is 29.0. The molecule has 4 aromatic carbocycles. The Morgan fingerprint density at radius 2 is 1.56 bits per heavy atom. The zero-order valence-electron chi connectivity index (χ0n) is 24.8. The maximum absolute atomic E-state index is 14.3. The van der Waals surface area contributed by atoms with Crippen molar-refractivity contribution in [1.82, 2.24) is 15.2 Å². The van der Waals surface area contributed by atoms with Crippen LogP contribution in [0.25, 0.3) is 21.7 Å². The number of aromatic nitrogens is 1. The predicted molar refractivity (Wildman–Crippen MR) is 173 cm³/mol. The van der Waals surface area contributed by atoms with E-state index in [4.69, 9.17) is 5.73 Å². The number of carboxylic acids is 1. The van der Waals surface area contributed by atoms with E-state index in [2.05, 4.69) is 10.3 Å². The summed E-state index contributed by atoms with van der Waals surface area (Å²) >= 11 is 0. The van der Waals surface area contributed by atoms with Gasteiger partial charge in [-0.2, -0.15) is 0 Å². The Hall–Kier alpha value is -5.44. The van der Waals surface area contributed by atoms with E-state index in [1.54, 1.807) is 6.20 Å². The molecule has 9 nitrogen and oxygen atoms in total. The molecule has 5 aromatic rings. The summed E-state index contributed by atoms with van der Waals surface area (Å²) in [6.45, 7) is 0.121. The van der Waals surface area contributed by atoms with Crippen LogP contribution >= 0.6 is 0 Å². The largest absolute Gasteiger partial charge is 0.481 e. The number of benzene rings is 4. The van der Waals surface area contributed by atoms with Crippen LogP contribution in [0, 0.1) is 0 Å². The third-order valence-electron chi connectivity index (χ3n) is 7.91. The van der Waals surface area contributed by atoms with E-state index < -0.39 is 29.9 Å². The number of hydrogen-bond donors (Lipinski definition) is 4. The molecule has 230 valence electrons. The van der Waals surface area contributed by atoms with E-state index >= 15 is 0 Å². The molecule has 45 heavy (non-hydrogen) atoms. The van der Waals surface area contributed by atoms with Gasteiger partial charge in [0, 0.05) is 42.5 Å². The third-order valence-corrected chi connectivity index (χ3v) is 7.91. The maximum Gasteiger partial charge on any atom is 0.303 e. The first-order valence-corrected chi connectivity index (χ1v) is 15.0. The zero-order valence-corrected chi connectivity index (χ0v) is 24.8. The number of nitrogens with one attached hydrogen (secondary N) is 2. The molecule has 1 heterocycles. The average molecular weight is 605 g/mol. The Morgan fingerprint density at radius 3 is 2.31 bits per heavy atom. The lowest BCUT2D eigenvalue weighted by atomic mass is 9.98. The number of carbonyl (C=O) groups is 4. The number of carboxylic acid groups (broad SMARTS) is 1. The van der Waals surface area contributed by atoms with Crippen LogP contribution in [0.4, 0.5) is 0 Å². The molecule has 3 amide bonds. The van der Waals surface area contributed by atoms with Crippen molar-refractivity contribution in [3.63, 3.8) is 0 Å². The molecule has 0 aliphatic carbocycles. The van der Waals surface area contributed by atoms with Crippen LogP contribution in [0.1, 0.15) is 47.2 Å². The number of aliphatic carboxylic acids is 1. The molecular formula is C36H36N4O5. The summed E-state index contributed by atoms with van der Waals surface area (Å²) in [5.41, 5.74) is 8.52. The number of amides is 3. The number of hydrogen-bond acceptors (Lipinski definition) is 4. The molecular weight excluding hydrogens is 568 g/mol. The van der Waals surface area contributed by atoms with Gasteiger partial charge in [0.05, 0.1) is 5.56 Å². The Morgan fingerprint density at radius 1 is 0.844 bits per heavy atom. The number of nitrogens with zero attached hydrogens (tertiary/aromatic N) is 1. The number of H-pyrrole nitrogens is 1. The lowest BCUT2D eigenvalue weighted by Crippen LogP contribution is -2.52. The third kappa shape index (κ3) is 7.94. The molecule has 0 spiro atoms. The van der Waals surface area contributed by atoms with Crippen LogP contribution in [0.3, 0.4) is 0 Å². The van der Waals surface area contributed by atoms with Crippen molar-refractivity contribution in [2.24, 2.45) is 5.73 Å². The second kappa shape index (κ2) is 14.4. The first kappa shape index (κ1) is 31.0. The molecule has 0 saturated heterocycles. The number of aromatic amines is 1. The van der Waals surface area contributed by atoms with Crippen LogP contribution in [-0.4, -0.2) is 50.8 Å². The minimum absolute atomic E-state index is 0.102. The smallest absolute Gasteiger partial charge is 0.303 e. The molecule has 5 N–H and O–H groups in total. The van der Waals surface area contributed by atoms with Gasteiger partial charge in [-0.1, -0.05) is 91.0 Å². The minimum atomic E-state index is -1.02. The summed E-state index contributed by atoms with van der Waals surface area (Å²) in [4.78, 5) is 56.6. The number of rotatable bonds is 14. The van der Waals surface area contributed by atoms with Crippen LogP contribution in [0.5, 0.6) is 0 Å². The van der Waals surface area contributed by atoms with E-state index in [1.807, 2.05) is 97.1 Å². The molecule has 0 aliphatic heterocycles. The van der Waals surface area contributed by atoms with Crippen molar-refractivity contribution in [3.8, 4) is 0 Å². The quantitative estimate of drug-likeness (QED) is 0.138. The Bertz CT molecular complexity index is 1820. The normalized spacial score (nSPS) is 12.4. The fourth-order valence-corrected chi connectivity index (χ4v) is 5.75. The molecule has 0 bridgehead atoms. The van der Waals surface area contributed by atoms with Crippen molar-refractivity contribution < 1.29 is 24.3 Å². The highest BCUT2D eigenvalue weighted by Gasteiger charge is 2.33. The predicted octanol–water partition coefficient (Wildman–Crippen LogP) is 5.19. The average Bonchev–Trinajstić information content (AvgIpc) is 3.46. The molecule has 0 saturated carbocycles. The fourth-order valence-electron chi connectivity index (χ4n) is 5.75. The molecule has 5 rings (SSSR count). The van der Waals surface area contributed by atoms with Gasteiger partial charge in [0.15, 0.2) is 0 Å². The summed E-state index contributed by atoms with van der Waals surface area (Å²) in [6.07, 6.45) is 1.99. The Labute approximate surface area is 261 Å². The topological polar surface area (TPSA) is 146 Å². The van der Waals surface area contributed by atoms with E-state index in [0.717, 1.165) is 27.4 Å². The highest BCUT2D eigenvalue weighted by Crippen LogP contribution is 2.24. The monoisotopic (exact) mass is 604 g/mol. The van der Waals surface area contributed by atoms with Gasteiger partial charge in [-0.25, -0.2) is 0 Å². The van der Waals surface area contributed by atoms with Crippen molar-refractivity contribution in [3.05, 3.63) is 120 Å². The van der Waals surface area contributed by atoms with E-state index in [0.29, 0.717) is 17.4 Å². The Kier molecular flexibility index (Phi) is 9.89. The van der Waals surface area contributed by atoms with Gasteiger partial charge < -0.3 is 26.0 Å². The molecule has 0 radical (unpaired) electrons. The Balaban J connectivity index is 1.47. The number of primary amides is 1. The highest BCUT2D eigenvalue weighted by atomic mass is 16.4. The van der Waals surface area contributed by atoms with Gasteiger partial charge in [0.1, 0.15) is 6.04 Å². The molecule has 0 fully saturated rings. The van der Waals surface area contributed by atoms with Gasteiger partial charge in [0.25, 0.3) is 5.91 Å². The molecule has 9 heteroatoms. The summed E-state index contributed by atoms with van der Waals surface area (Å²) < 4.78 is 0. The second-order valence-corrected chi connectivity index (χ2v) is 11.2. The summed E-state index contributed by atoms with van der Waals surface area (Å²) in [5.74, 6) is -2.40. The van der Waals surface area contributed by atoms with Gasteiger partial charge in [-0.15, -0.1) is 0 Å². The lowest BCUT2D eigenvalue weighted by Gasteiger charge is -2.32. The van der Waals surface area contributed by atoms with Crippen LogP contribution in [0.2, 0.25) is 0 Å². The molecule has 1 aromatic heterocycles. The van der Waals surface area contributed by atoms with Crippen LogP contribution in [-0.2, 0) is 27.3 Å². The molecule has 2 atom stereocenters. The van der Waals surface area contributed by atoms with Crippen LogP contribution in [0.15, 0.2) is 103 Å². The van der Waals surface area contributed by atoms with Crippen LogP contribution < -0.4 is 11.1 Å². The first-order valence-electron chi connectivity index (χ1n) is 15.0. The number of fused-ring (bicyclic) bond motifs is 2. The van der Waals surface area contributed by atoms with Gasteiger partial charge in [-0.05, 0) is 47.2 Å². The maximum atomic E-state index is 14.3. The van der Waals surface area contributed by atoms with Gasteiger partial charge >= 0.3 is 5.97 Å². The van der Waals surface area contributed by atoms with Gasteiger partial charge in [0.2, 0.25) is 11.8 Å².